The van der Waals surface area contributed by atoms with Crippen LogP contribution in [0.5, 0.6) is 0 Å². The molecule has 1 saturated carbocycles. The van der Waals surface area contributed by atoms with Crippen LogP contribution in [0.2, 0.25) is 0 Å². The predicted octanol–water partition coefficient (Wildman–Crippen LogP) is 1.64. The number of piperazine rings is 1. The Morgan fingerprint density at radius 3 is 2.39 bits per heavy atom. The lowest BCUT2D eigenvalue weighted by Crippen LogP contribution is -2.54. The molecule has 2 fully saturated rings. The number of hydrogen-bond acceptors (Lipinski definition) is 5. The molecule has 150 valence electrons. The number of H-pyrrole nitrogens is 1. The minimum absolute atomic E-state index is 0.0166. The SMILES string of the molecule is CC1CN(c2c(F)c(C3(N)CC3)c3c(=O)c(C(=O)O)c[nH]c3c2F)CC(C)N1. The van der Waals surface area contributed by atoms with Crippen molar-refractivity contribution >= 4 is 22.6 Å². The summed E-state index contributed by atoms with van der Waals surface area (Å²) in [7, 11) is 0. The van der Waals surface area contributed by atoms with Crippen molar-refractivity contribution in [3.8, 4) is 0 Å². The van der Waals surface area contributed by atoms with Crippen LogP contribution in [0.15, 0.2) is 11.0 Å². The van der Waals surface area contributed by atoms with Gasteiger partial charge in [0.25, 0.3) is 0 Å². The Morgan fingerprint density at radius 1 is 1.25 bits per heavy atom. The van der Waals surface area contributed by atoms with Gasteiger partial charge in [0.2, 0.25) is 5.43 Å². The largest absolute Gasteiger partial charge is 0.477 e. The molecule has 2 atom stereocenters. The molecule has 2 aliphatic rings. The highest BCUT2D eigenvalue weighted by Gasteiger charge is 2.46. The molecule has 4 rings (SSSR count). The normalized spacial score (nSPS) is 23.8. The van der Waals surface area contributed by atoms with Crippen molar-refractivity contribution in [2.45, 2.75) is 44.3 Å². The second-order valence-electron chi connectivity index (χ2n) is 7.97. The average molecular weight is 392 g/mol. The van der Waals surface area contributed by atoms with Crippen molar-refractivity contribution in [2.24, 2.45) is 5.73 Å². The minimum atomic E-state index is -1.47. The first kappa shape index (κ1) is 18.8. The Balaban J connectivity index is 2.05. The molecule has 7 nitrogen and oxygen atoms in total. The quantitative estimate of drug-likeness (QED) is 0.632. The van der Waals surface area contributed by atoms with Gasteiger partial charge in [-0.05, 0) is 26.7 Å². The highest BCUT2D eigenvalue weighted by Crippen LogP contribution is 2.48. The van der Waals surface area contributed by atoms with Crippen LogP contribution in [-0.2, 0) is 5.54 Å². The number of fused-ring (bicyclic) bond motifs is 1. The van der Waals surface area contributed by atoms with E-state index >= 15 is 8.78 Å². The summed E-state index contributed by atoms with van der Waals surface area (Å²) in [4.78, 5) is 28.3. The van der Waals surface area contributed by atoms with Crippen molar-refractivity contribution in [1.29, 1.82) is 0 Å². The zero-order valence-corrected chi connectivity index (χ0v) is 15.6. The summed E-state index contributed by atoms with van der Waals surface area (Å²) in [6.07, 6.45) is 1.82. The molecule has 9 heteroatoms. The molecule has 5 N–H and O–H groups in total. The molecule has 28 heavy (non-hydrogen) atoms. The van der Waals surface area contributed by atoms with E-state index in [9.17, 15) is 14.7 Å². The van der Waals surface area contributed by atoms with E-state index in [0.29, 0.717) is 25.9 Å². The van der Waals surface area contributed by atoms with Crippen LogP contribution < -0.4 is 21.4 Å². The van der Waals surface area contributed by atoms with E-state index in [1.807, 2.05) is 13.8 Å². The number of aromatic carboxylic acids is 1. The third kappa shape index (κ3) is 2.77. The van der Waals surface area contributed by atoms with E-state index in [1.54, 1.807) is 4.90 Å². The van der Waals surface area contributed by atoms with Gasteiger partial charge in [-0.25, -0.2) is 13.6 Å². The summed E-state index contributed by atoms with van der Waals surface area (Å²) in [6.45, 7) is 4.62. The van der Waals surface area contributed by atoms with Gasteiger partial charge in [-0.2, -0.15) is 0 Å². The van der Waals surface area contributed by atoms with Gasteiger partial charge in [0.15, 0.2) is 11.6 Å². The summed E-state index contributed by atoms with van der Waals surface area (Å²) < 4.78 is 31.1. The average Bonchev–Trinajstić information content (AvgIpc) is 3.33. The van der Waals surface area contributed by atoms with Gasteiger partial charge in [-0.1, -0.05) is 0 Å². The topological polar surface area (TPSA) is 111 Å². The molecule has 0 bridgehead atoms. The fraction of sp³-hybridized carbons (Fsp3) is 0.474. The molecule has 0 spiro atoms. The first-order valence-electron chi connectivity index (χ1n) is 9.24. The zero-order chi connectivity index (χ0) is 20.4. The summed E-state index contributed by atoms with van der Waals surface area (Å²) in [5, 5.41) is 12.2. The lowest BCUT2D eigenvalue weighted by atomic mass is 9.95. The molecule has 2 unspecified atom stereocenters. The van der Waals surface area contributed by atoms with E-state index in [-0.39, 0.29) is 34.2 Å². The van der Waals surface area contributed by atoms with Crippen molar-refractivity contribution < 1.29 is 18.7 Å². The molecule has 1 aromatic carbocycles. The second-order valence-corrected chi connectivity index (χ2v) is 7.97. The van der Waals surface area contributed by atoms with Crippen LogP contribution in [-0.4, -0.2) is 41.2 Å². The van der Waals surface area contributed by atoms with E-state index in [2.05, 4.69) is 10.3 Å². The molecule has 0 amide bonds. The molecule has 0 radical (unpaired) electrons. The number of benzene rings is 1. The maximum atomic E-state index is 15.7. The van der Waals surface area contributed by atoms with E-state index in [0.717, 1.165) is 6.20 Å². The molecule has 1 aliphatic carbocycles. The maximum absolute atomic E-state index is 15.7. The Morgan fingerprint density at radius 2 is 1.86 bits per heavy atom. The van der Waals surface area contributed by atoms with Crippen LogP contribution in [0.25, 0.3) is 10.9 Å². The van der Waals surface area contributed by atoms with E-state index < -0.39 is 34.1 Å². The number of nitrogens with zero attached hydrogens (tertiary/aromatic N) is 1. The van der Waals surface area contributed by atoms with Crippen LogP contribution >= 0.6 is 0 Å². The maximum Gasteiger partial charge on any atom is 0.341 e. The number of halogens is 2. The zero-order valence-electron chi connectivity index (χ0n) is 15.6. The fourth-order valence-electron chi connectivity index (χ4n) is 4.18. The van der Waals surface area contributed by atoms with Crippen molar-refractivity contribution in [2.75, 3.05) is 18.0 Å². The van der Waals surface area contributed by atoms with Crippen molar-refractivity contribution in [1.82, 2.24) is 10.3 Å². The van der Waals surface area contributed by atoms with Gasteiger partial charge in [0.05, 0.1) is 10.9 Å². The molecule has 2 heterocycles. The monoisotopic (exact) mass is 392 g/mol. The fourth-order valence-corrected chi connectivity index (χ4v) is 4.18. The molecular weight excluding hydrogens is 370 g/mol. The van der Waals surface area contributed by atoms with Crippen LogP contribution in [0, 0.1) is 11.6 Å². The Labute approximate surface area is 159 Å². The summed E-state index contributed by atoms with van der Waals surface area (Å²) in [5.74, 6) is -3.25. The lowest BCUT2D eigenvalue weighted by Gasteiger charge is -2.38. The van der Waals surface area contributed by atoms with Gasteiger partial charge in [-0.3, -0.25) is 4.79 Å². The smallest absolute Gasteiger partial charge is 0.341 e. The number of nitrogens with one attached hydrogen (secondary N) is 2. The minimum Gasteiger partial charge on any atom is -0.477 e. The van der Waals surface area contributed by atoms with Crippen LogP contribution in [0.1, 0.15) is 42.6 Å². The Hall–Kier alpha value is -2.52. The molecule has 1 saturated heterocycles. The number of rotatable bonds is 3. The third-order valence-corrected chi connectivity index (χ3v) is 5.58. The Bertz CT molecular complexity index is 1040. The highest BCUT2D eigenvalue weighted by molar-refractivity contribution is 5.95. The number of carbonyl (C=O) groups is 1. The van der Waals surface area contributed by atoms with Gasteiger partial charge in [0.1, 0.15) is 11.3 Å². The van der Waals surface area contributed by atoms with Gasteiger partial charge < -0.3 is 26.0 Å². The number of hydrogen-bond donors (Lipinski definition) is 4. The number of nitrogens with two attached hydrogens (primary N) is 1. The molecule has 1 aromatic heterocycles. The number of aromatic amines is 1. The third-order valence-electron chi connectivity index (χ3n) is 5.58. The van der Waals surface area contributed by atoms with Crippen LogP contribution in [0.4, 0.5) is 14.5 Å². The highest BCUT2D eigenvalue weighted by atomic mass is 19.1. The van der Waals surface area contributed by atoms with E-state index in [1.165, 1.54) is 0 Å². The van der Waals surface area contributed by atoms with Crippen LogP contribution in [0.3, 0.4) is 0 Å². The summed E-state index contributed by atoms with van der Waals surface area (Å²) in [5.41, 5.74) is 3.11. The lowest BCUT2D eigenvalue weighted by molar-refractivity contribution is 0.0695. The predicted molar refractivity (Wildman–Crippen MR) is 101 cm³/mol. The summed E-state index contributed by atoms with van der Waals surface area (Å²) in [6, 6.07) is 0.0331. The number of anilines is 1. The van der Waals surface area contributed by atoms with Crippen molar-refractivity contribution in [3.63, 3.8) is 0 Å². The van der Waals surface area contributed by atoms with E-state index in [4.69, 9.17) is 5.73 Å². The molecular formula is C19H22F2N4O3. The standard InChI is InChI=1S/C19H22F2N4O3/c1-8-6-25(7-9(2)24-8)16-13(20)12(19(22)3-4-19)11-15(14(16)21)23-5-10(17(11)26)18(27)28/h5,8-9,24H,3-4,6-7,22H2,1-2H3,(H,23,26)(H,27,28). The number of carboxylic acid groups (broad SMARTS) is 1. The van der Waals surface area contributed by atoms with Gasteiger partial charge in [0, 0.05) is 42.5 Å². The second kappa shape index (κ2) is 6.25. The molecule has 1 aliphatic heterocycles. The van der Waals surface area contributed by atoms with Gasteiger partial charge >= 0.3 is 5.97 Å². The van der Waals surface area contributed by atoms with Crippen molar-refractivity contribution in [3.05, 3.63) is 39.2 Å². The molecule has 2 aromatic rings. The first-order chi connectivity index (χ1) is 13.1. The van der Waals surface area contributed by atoms with Gasteiger partial charge in [-0.15, -0.1) is 0 Å². The first-order valence-corrected chi connectivity index (χ1v) is 9.24. The number of pyridine rings is 1. The Kier molecular flexibility index (Phi) is 4.20. The number of aromatic nitrogens is 1. The number of carboxylic acids is 1. The summed E-state index contributed by atoms with van der Waals surface area (Å²) >= 11 is 0.